The van der Waals surface area contributed by atoms with E-state index >= 15 is 8.78 Å². The van der Waals surface area contributed by atoms with Crippen molar-refractivity contribution >= 4 is 16.6 Å². The SMILES string of the molecule is Cc1cccc2c1C(F)(F)C(C)(C)N=C2c1cc2ccccc2nn1. The predicted octanol–water partition coefficient (Wildman–Crippen LogP) is 4.66. The number of aryl methyl sites for hydroxylation is 1. The van der Waals surface area contributed by atoms with Gasteiger partial charge < -0.3 is 0 Å². The molecule has 0 fully saturated rings. The lowest BCUT2D eigenvalue weighted by molar-refractivity contribution is -0.0687. The molecular formula is C20H17F2N3. The molecule has 1 aliphatic heterocycles. The smallest absolute Gasteiger partial charge is 0.270 e. The topological polar surface area (TPSA) is 38.1 Å². The summed E-state index contributed by atoms with van der Waals surface area (Å²) in [5.41, 5.74) is 1.18. The lowest BCUT2D eigenvalue weighted by Crippen LogP contribution is -2.44. The molecule has 0 unspecified atom stereocenters. The summed E-state index contributed by atoms with van der Waals surface area (Å²) in [6, 6.07) is 14.6. The maximum Gasteiger partial charge on any atom is 0.298 e. The van der Waals surface area contributed by atoms with Crippen LogP contribution in [0.5, 0.6) is 0 Å². The fourth-order valence-corrected chi connectivity index (χ4v) is 3.29. The largest absolute Gasteiger partial charge is 0.298 e. The first-order valence-electron chi connectivity index (χ1n) is 8.12. The van der Waals surface area contributed by atoms with Crippen LogP contribution in [0.2, 0.25) is 0 Å². The summed E-state index contributed by atoms with van der Waals surface area (Å²) in [5.74, 6) is -3.05. The molecule has 0 amide bonds. The summed E-state index contributed by atoms with van der Waals surface area (Å²) in [6.45, 7) is 4.62. The van der Waals surface area contributed by atoms with Crippen molar-refractivity contribution in [1.29, 1.82) is 0 Å². The van der Waals surface area contributed by atoms with Gasteiger partial charge in [0.2, 0.25) is 0 Å². The molecule has 0 saturated heterocycles. The zero-order chi connectivity index (χ0) is 17.8. The molecule has 3 nitrogen and oxygen atoms in total. The van der Waals surface area contributed by atoms with Gasteiger partial charge in [0.25, 0.3) is 5.92 Å². The van der Waals surface area contributed by atoms with Gasteiger partial charge in [-0.15, -0.1) is 10.2 Å². The number of alkyl halides is 2. The van der Waals surface area contributed by atoms with Crippen LogP contribution in [0.3, 0.4) is 0 Å². The predicted molar refractivity (Wildman–Crippen MR) is 94.3 cm³/mol. The van der Waals surface area contributed by atoms with Gasteiger partial charge in [-0.05, 0) is 38.5 Å². The number of fused-ring (bicyclic) bond motifs is 2. The van der Waals surface area contributed by atoms with Gasteiger partial charge in [-0.3, -0.25) is 4.99 Å². The molecule has 0 atom stereocenters. The molecule has 3 aromatic rings. The fraction of sp³-hybridized carbons (Fsp3) is 0.250. The van der Waals surface area contributed by atoms with Crippen molar-refractivity contribution in [2.24, 2.45) is 4.99 Å². The highest BCUT2D eigenvalue weighted by atomic mass is 19.3. The molecule has 0 aliphatic carbocycles. The minimum Gasteiger partial charge on any atom is -0.270 e. The minimum atomic E-state index is -3.05. The Morgan fingerprint density at radius 3 is 2.48 bits per heavy atom. The van der Waals surface area contributed by atoms with Crippen LogP contribution < -0.4 is 0 Å². The molecule has 0 radical (unpaired) electrons. The molecule has 0 spiro atoms. The van der Waals surface area contributed by atoms with E-state index in [2.05, 4.69) is 15.2 Å². The lowest BCUT2D eigenvalue weighted by atomic mass is 9.80. The third-order valence-electron chi connectivity index (χ3n) is 4.74. The Bertz CT molecular complexity index is 1020. The van der Waals surface area contributed by atoms with Crippen molar-refractivity contribution < 1.29 is 8.78 Å². The van der Waals surface area contributed by atoms with E-state index in [-0.39, 0.29) is 5.56 Å². The number of aromatic nitrogens is 2. The maximum atomic E-state index is 15.0. The highest BCUT2D eigenvalue weighted by Gasteiger charge is 2.53. The molecule has 4 rings (SSSR count). The van der Waals surface area contributed by atoms with Gasteiger partial charge in [0.15, 0.2) is 0 Å². The van der Waals surface area contributed by atoms with Gasteiger partial charge in [0.1, 0.15) is 11.2 Å². The molecule has 0 saturated carbocycles. The molecule has 5 heteroatoms. The van der Waals surface area contributed by atoms with Crippen molar-refractivity contribution in [2.75, 3.05) is 0 Å². The number of benzene rings is 2. The Morgan fingerprint density at radius 2 is 1.68 bits per heavy atom. The van der Waals surface area contributed by atoms with E-state index < -0.39 is 11.5 Å². The summed E-state index contributed by atoms with van der Waals surface area (Å²) >= 11 is 0. The van der Waals surface area contributed by atoms with Gasteiger partial charge in [-0.25, -0.2) is 0 Å². The van der Waals surface area contributed by atoms with Crippen LogP contribution in [-0.2, 0) is 5.92 Å². The van der Waals surface area contributed by atoms with Crippen LogP contribution in [0, 0.1) is 6.92 Å². The summed E-state index contributed by atoms with van der Waals surface area (Å²) < 4.78 is 30.1. The number of aliphatic imine (C=N–C) groups is 1. The molecular weight excluding hydrogens is 320 g/mol. The maximum absolute atomic E-state index is 15.0. The summed E-state index contributed by atoms with van der Waals surface area (Å²) in [4.78, 5) is 4.39. The zero-order valence-corrected chi connectivity index (χ0v) is 14.2. The summed E-state index contributed by atoms with van der Waals surface area (Å²) in [6.07, 6.45) is 0. The Hall–Kier alpha value is -2.69. The second-order valence-electron chi connectivity index (χ2n) is 6.88. The molecule has 2 heterocycles. The van der Waals surface area contributed by atoms with Crippen molar-refractivity contribution in [3.63, 3.8) is 0 Å². The monoisotopic (exact) mass is 337 g/mol. The first-order valence-corrected chi connectivity index (χ1v) is 8.12. The number of nitrogens with zero attached hydrogens (tertiary/aromatic N) is 3. The minimum absolute atomic E-state index is 0.0277. The molecule has 1 aromatic heterocycles. The normalized spacial score (nSPS) is 17.9. The third kappa shape index (κ3) is 2.26. The van der Waals surface area contributed by atoms with Crippen molar-refractivity contribution in [1.82, 2.24) is 10.2 Å². The van der Waals surface area contributed by atoms with Crippen molar-refractivity contribution in [3.8, 4) is 0 Å². The number of halogens is 2. The van der Waals surface area contributed by atoms with Crippen LogP contribution in [0.1, 0.15) is 36.2 Å². The van der Waals surface area contributed by atoms with Crippen molar-refractivity contribution in [3.05, 3.63) is 70.9 Å². The Morgan fingerprint density at radius 1 is 0.920 bits per heavy atom. The van der Waals surface area contributed by atoms with E-state index in [4.69, 9.17) is 0 Å². The Labute approximate surface area is 144 Å². The molecule has 2 aromatic carbocycles. The fourth-order valence-electron chi connectivity index (χ4n) is 3.29. The average Bonchev–Trinajstić information content (AvgIpc) is 2.58. The average molecular weight is 337 g/mol. The van der Waals surface area contributed by atoms with Gasteiger partial charge in [0.05, 0.1) is 11.2 Å². The highest BCUT2D eigenvalue weighted by molar-refractivity contribution is 6.14. The quantitative estimate of drug-likeness (QED) is 0.648. The summed E-state index contributed by atoms with van der Waals surface area (Å²) in [5, 5.41) is 9.37. The van der Waals surface area contributed by atoms with Gasteiger partial charge in [0, 0.05) is 16.5 Å². The Balaban J connectivity index is 2.00. The van der Waals surface area contributed by atoms with E-state index in [9.17, 15) is 0 Å². The van der Waals surface area contributed by atoms with E-state index in [1.807, 2.05) is 30.3 Å². The zero-order valence-electron chi connectivity index (χ0n) is 14.2. The second-order valence-corrected chi connectivity index (χ2v) is 6.88. The van der Waals surface area contributed by atoms with Gasteiger partial charge >= 0.3 is 0 Å². The molecule has 0 bridgehead atoms. The number of hydrogen-bond donors (Lipinski definition) is 0. The van der Waals surface area contributed by atoms with Crippen LogP contribution >= 0.6 is 0 Å². The highest BCUT2D eigenvalue weighted by Crippen LogP contribution is 2.47. The molecule has 126 valence electrons. The first kappa shape index (κ1) is 15.8. The van der Waals surface area contributed by atoms with Gasteiger partial charge in [-0.2, -0.15) is 8.78 Å². The van der Waals surface area contributed by atoms with Crippen LogP contribution in [-0.4, -0.2) is 21.4 Å². The third-order valence-corrected chi connectivity index (χ3v) is 4.74. The summed E-state index contributed by atoms with van der Waals surface area (Å²) in [7, 11) is 0. The molecule has 0 N–H and O–H groups in total. The van der Waals surface area contributed by atoms with Gasteiger partial charge in [-0.1, -0.05) is 36.4 Å². The molecule has 1 aliphatic rings. The lowest BCUT2D eigenvalue weighted by Gasteiger charge is -2.37. The van der Waals surface area contributed by atoms with Crippen LogP contribution in [0.25, 0.3) is 10.9 Å². The van der Waals surface area contributed by atoms with E-state index in [0.717, 1.165) is 10.9 Å². The van der Waals surface area contributed by atoms with Crippen LogP contribution in [0.15, 0.2) is 53.5 Å². The Kier molecular flexibility index (Phi) is 3.26. The molecule has 25 heavy (non-hydrogen) atoms. The number of hydrogen-bond acceptors (Lipinski definition) is 3. The standard InChI is InChI=1S/C20H17F2N3/c1-12-7-6-9-14-17(12)20(21,22)19(2,3)23-18(14)16-11-13-8-4-5-10-15(13)24-25-16/h4-11H,1-3H3. The van der Waals surface area contributed by atoms with E-state index in [1.165, 1.54) is 13.8 Å². The second kappa shape index (κ2) is 5.15. The van der Waals surface area contributed by atoms with Crippen LogP contribution in [0.4, 0.5) is 8.78 Å². The van der Waals surface area contributed by atoms with Crippen molar-refractivity contribution in [2.45, 2.75) is 32.2 Å². The van der Waals surface area contributed by atoms with E-state index in [0.29, 0.717) is 22.5 Å². The van der Waals surface area contributed by atoms with E-state index in [1.54, 1.807) is 25.1 Å². The first-order chi connectivity index (χ1) is 11.8. The number of rotatable bonds is 1.